The summed E-state index contributed by atoms with van der Waals surface area (Å²) >= 11 is 0. The predicted molar refractivity (Wildman–Crippen MR) is 55.3 cm³/mol. The molecule has 0 aliphatic carbocycles. The Morgan fingerprint density at radius 2 is 2.07 bits per heavy atom. The average molecular weight is 214 g/mol. The zero-order valence-corrected chi connectivity index (χ0v) is 9.06. The van der Waals surface area contributed by atoms with Crippen molar-refractivity contribution in [3.63, 3.8) is 0 Å². The molecule has 0 radical (unpaired) electrons. The van der Waals surface area contributed by atoms with E-state index in [1.54, 1.807) is 12.1 Å². The van der Waals surface area contributed by atoms with E-state index in [0.717, 1.165) is 17.7 Å². The van der Waals surface area contributed by atoms with E-state index in [4.69, 9.17) is 5.14 Å². The van der Waals surface area contributed by atoms with Gasteiger partial charge in [0, 0.05) is 6.54 Å². The van der Waals surface area contributed by atoms with E-state index in [1.165, 1.54) is 6.07 Å². The van der Waals surface area contributed by atoms with E-state index >= 15 is 0 Å². The number of hydrogen-bond acceptors (Lipinski definition) is 3. The first-order chi connectivity index (χ1) is 6.45. The summed E-state index contributed by atoms with van der Waals surface area (Å²) in [6, 6.07) is 4.88. The predicted octanol–water partition coefficient (Wildman–Crippen LogP) is 0.362. The van der Waals surface area contributed by atoms with Crippen LogP contribution in [0.25, 0.3) is 0 Å². The minimum Gasteiger partial charge on any atom is -0.316 e. The molecule has 0 atom stereocenters. The monoisotopic (exact) mass is 214 g/mol. The number of primary sulfonamides is 1. The summed E-state index contributed by atoms with van der Waals surface area (Å²) in [5.74, 6) is 0. The molecule has 0 fully saturated rings. The second-order valence-corrected chi connectivity index (χ2v) is 4.73. The van der Waals surface area contributed by atoms with Gasteiger partial charge in [-0.15, -0.1) is 0 Å². The molecule has 0 spiro atoms. The van der Waals surface area contributed by atoms with Gasteiger partial charge in [-0.2, -0.15) is 0 Å². The number of nitrogens with one attached hydrogen (secondary N) is 1. The van der Waals surface area contributed by atoms with Gasteiger partial charge in [0.05, 0.1) is 4.90 Å². The molecule has 1 aromatic rings. The lowest BCUT2D eigenvalue weighted by Gasteiger charge is -2.06. The fourth-order valence-electron chi connectivity index (χ4n) is 1.23. The molecule has 0 unspecified atom stereocenters. The van der Waals surface area contributed by atoms with E-state index in [0.29, 0.717) is 0 Å². The van der Waals surface area contributed by atoms with Gasteiger partial charge in [-0.1, -0.05) is 6.07 Å². The quantitative estimate of drug-likeness (QED) is 0.763. The van der Waals surface area contributed by atoms with Gasteiger partial charge in [-0.3, -0.25) is 0 Å². The lowest BCUT2D eigenvalue weighted by atomic mass is 10.1. The zero-order valence-electron chi connectivity index (χ0n) is 8.24. The number of sulfonamides is 1. The van der Waals surface area contributed by atoms with Crippen molar-refractivity contribution in [3.8, 4) is 0 Å². The lowest BCUT2D eigenvalue weighted by molar-refractivity contribution is 0.597. The topological polar surface area (TPSA) is 72.2 Å². The van der Waals surface area contributed by atoms with Crippen molar-refractivity contribution in [1.29, 1.82) is 0 Å². The largest absolute Gasteiger partial charge is 0.316 e. The Kier molecular flexibility index (Phi) is 3.25. The van der Waals surface area contributed by atoms with E-state index in [2.05, 4.69) is 5.32 Å². The van der Waals surface area contributed by atoms with Crippen LogP contribution >= 0.6 is 0 Å². The number of aryl methyl sites for hydroxylation is 1. The van der Waals surface area contributed by atoms with Crippen molar-refractivity contribution >= 4 is 10.0 Å². The van der Waals surface area contributed by atoms with E-state index in [-0.39, 0.29) is 4.90 Å². The molecule has 0 bridgehead atoms. The van der Waals surface area contributed by atoms with E-state index in [1.807, 2.05) is 14.0 Å². The highest BCUT2D eigenvalue weighted by molar-refractivity contribution is 7.89. The molecular formula is C9H14N2O2S. The van der Waals surface area contributed by atoms with Crippen LogP contribution in [0.3, 0.4) is 0 Å². The minimum absolute atomic E-state index is 0.162. The fraction of sp³-hybridized carbons (Fsp3) is 0.333. The summed E-state index contributed by atoms with van der Waals surface area (Å²) in [6.07, 6.45) is 0. The van der Waals surface area contributed by atoms with Gasteiger partial charge in [-0.05, 0) is 37.2 Å². The Bertz CT molecular complexity index is 426. The summed E-state index contributed by atoms with van der Waals surface area (Å²) in [6.45, 7) is 2.58. The molecule has 1 rings (SSSR count). The van der Waals surface area contributed by atoms with Crippen LogP contribution in [0.2, 0.25) is 0 Å². The van der Waals surface area contributed by atoms with Crippen LogP contribution in [0.4, 0.5) is 0 Å². The first-order valence-electron chi connectivity index (χ1n) is 4.22. The standard InChI is InChI=1S/C9H14N2O2S/c1-7-5-9(14(10,12)13)4-3-8(7)6-11-2/h3-5,11H,6H2,1-2H3,(H2,10,12,13). The van der Waals surface area contributed by atoms with Crippen molar-refractivity contribution in [2.45, 2.75) is 18.4 Å². The molecule has 0 saturated carbocycles. The van der Waals surface area contributed by atoms with Gasteiger partial charge >= 0.3 is 0 Å². The van der Waals surface area contributed by atoms with Crippen LogP contribution in [0, 0.1) is 6.92 Å². The second-order valence-electron chi connectivity index (χ2n) is 3.16. The van der Waals surface area contributed by atoms with E-state index in [9.17, 15) is 8.42 Å². The maximum atomic E-state index is 11.0. The molecule has 5 heteroatoms. The fourth-order valence-corrected chi connectivity index (χ4v) is 1.83. The maximum Gasteiger partial charge on any atom is 0.238 e. The van der Waals surface area contributed by atoms with Crippen LogP contribution in [0.1, 0.15) is 11.1 Å². The van der Waals surface area contributed by atoms with Crippen LogP contribution in [0.5, 0.6) is 0 Å². The first kappa shape index (κ1) is 11.2. The zero-order chi connectivity index (χ0) is 10.8. The van der Waals surface area contributed by atoms with Crippen molar-refractivity contribution in [2.75, 3.05) is 7.05 Å². The lowest BCUT2D eigenvalue weighted by Crippen LogP contribution is -2.13. The Labute approximate surface area is 84.2 Å². The summed E-state index contributed by atoms with van der Waals surface area (Å²) in [4.78, 5) is 0.162. The third-order valence-electron chi connectivity index (χ3n) is 2.01. The highest BCUT2D eigenvalue weighted by Crippen LogP contribution is 2.13. The molecule has 0 saturated heterocycles. The smallest absolute Gasteiger partial charge is 0.238 e. The normalized spacial score (nSPS) is 11.6. The van der Waals surface area contributed by atoms with Crippen molar-refractivity contribution in [3.05, 3.63) is 29.3 Å². The summed E-state index contributed by atoms with van der Waals surface area (Å²) < 4.78 is 22.0. The van der Waals surface area contributed by atoms with Crippen molar-refractivity contribution in [1.82, 2.24) is 5.32 Å². The van der Waals surface area contributed by atoms with Crippen molar-refractivity contribution < 1.29 is 8.42 Å². The number of hydrogen-bond donors (Lipinski definition) is 2. The average Bonchev–Trinajstić information content (AvgIpc) is 2.07. The van der Waals surface area contributed by atoms with Gasteiger partial charge in [0.15, 0.2) is 0 Å². The molecule has 0 heterocycles. The molecule has 0 amide bonds. The van der Waals surface area contributed by atoms with Gasteiger partial charge in [0.25, 0.3) is 0 Å². The molecule has 14 heavy (non-hydrogen) atoms. The highest BCUT2D eigenvalue weighted by Gasteiger charge is 2.08. The molecular weight excluding hydrogens is 200 g/mol. The Morgan fingerprint density at radius 3 is 2.50 bits per heavy atom. The molecule has 1 aromatic carbocycles. The molecule has 4 nitrogen and oxygen atoms in total. The van der Waals surface area contributed by atoms with Crippen molar-refractivity contribution in [2.24, 2.45) is 5.14 Å². The Hall–Kier alpha value is -0.910. The van der Waals surface area contributed by atoms with Gasteiger partial charge in [-0.25, -0.2) is 13.6 Å². The third kappa shape index (κ3) is 2.54. The first-order valence-corrected chi connectivity index (χ1v) is 5.76. The Morgan fingerprint density at radius 1 is 1.43 bits per heavy atom. The van der Waals surface area contributed by atoms with Crippen LogP contribution < -0.4 is 10.5 Å². The Balaban J connectivity index is 3.13. The molecule has 3 N–H and O–H groups in total. The van der Waals surface area contributed by atoms with Gasteiger partial charge < -0.3 is 5.32 Å². The third-order valence-corrected chi connectivity index (χ3v) is 2.92. The minimum atomic E-state index is -3.58. The molecule has 0 aliphatic rings. The molecule has 0 aliphatic heterocycles. The van der Waals surface area contributed by atoms with Gasteiger partial charge in [0.2, 0.25) is 10.0 Å². The summed E-state index contributed by atoms with van der Waals surface area (Å²) in [7, 11) is -1.74. The highest BCUT2D eigenvalue weighted by atomic mass is 32.2. The number of rotatable bonds is 3. The van der Waals surface area contributed by atoms with E-state index < -0.39 is 10.0 Å². The van der Waals surface area contributed by atoms with Gasteiger partial charge in [0.1, 0.15) is 0 Å². The van der Waals surface area contributed by atoms with Crippen LogP contribution in [-0.4, -0.2) is 15.5 Å². The SMILES string of the molecule is CNCc1ccc(S(N)(=O)=O)cc1C. The second kappa shape index (κ2) is 4.08. The summed E-state index contributed by atoms with van der Waals surface area (Å²) in [5.41, 5.74) is 1.99. The van der Waals surface area contributed by atoms with Crippen LogP contribution in [0.15, 0.2) is 23.1 Å². The molecule has 78 valence electrons. The number of benzene rings is 1. The maximum absolute atomic E-state index is 11.0. The summed E-state index contributed by atoms with van der Waals surface area (Å²) in [5, 5.41) is 8.01. The number of nitrogens with two attached hydrogens (primary N) is 1. The van der Waals surface area contributed by atoms with Crippen LogP contribution in [-0.2, 0) is 16.6 Å². The molecule has 0 aromatic heterocycles.